The molecular formula is C17H22O4S. The summed E-state index contributed by atoms with van der Waals surface area (Å²) in [6.45, 7) is 0. The summed E-state index contributed by atoms with van der Waals surface area (Å²) in [6.07, 6.45) is 8.88. The summed E-state index contributed by atoms with van der Waals surface area (Å²) in [4.78, 5) is 12.2. The number of hydrogen-bond donors (Lipinski definition) is 0. The van der Waals surface area contributed by atoms with Crippen LogP contribution in [0.2, 0.25) is 0 Å². The zero-order valence-electron chi connectivity index (χ0n) is 13.0. The van der Waals surface area contributed by atoms with Crippen molar-refractivity contribution in [3.8, 4) is 0 Å². The summed E-state index contributed by atoms with van der Waals surface area (Å²) in [5.41, 5.74) is 1.20. The SMILES string of the molecule is COC(=O)C(=CCC1CCCC1)c1ccc(S(C)(=O)=O)cc1. The number of benzene rings is 1. The van der Waals surface area contributed by atoms with Gasteiger partial charge in [0.1, 0.15) is 0 Å². The second-order valence-electron chi connectivity index (χ2n) is 5.79. The largest absolute Gasteiger partial charge is 0.465 e. The summed E-state index contributed by atoms with van der Waals surface area (Å²) >= 11 is 0. The van der Waals surface area contributed by atoms with Gasteiger partial charge in [-0.1, -0.05) is 43.9 Å². The van der Waals surface area contributed by atoms with Gasteiger partial charge in [0.2, 0.25) is 0 Å². The summed E-state index contributed by atoms with van der Waals surface area (Å²) in [6, 6.07) is 6.37. The topological polar surface area (TPSA) is 60.4 Å². The van der Waals surface area contributed by atoms with Gasteiger partial charge in [-0.2, -0.15) is 0 Å². The van der Waals surface area contributed by atoms with Gasteiger partial charge in [0.15, 0.2) is 9.84 Å². The molecule has 1 aromatic rings. The van der Waals surface area contributed by atoms with Crippen molar-refractivity contribution < 1.29 is 17.9 Å². The first-order valence-electron chi connectivity index (χ1n) is 7.51. The number of rotatable bonds is 5. The minimum atomic E-state index is -3.23. The van der Waals surface area contributed by atoms with E-state index in [1.165, 1.54) is 51.2 Å². The van der Waals surface area contributed by atoms with Crippen LogP contribution < -0.4 is 0 Å². The Morgan fingerprint density at radius 2 is 1.82 bits per heavy atom. The van der Waals surface area contributed by atoms with Gasteiger partial charge in [0.25, 0.3) is 0 Å². The molecule has 1 fully saturated rings. The van der Waals surface area contributed by atoms with Crippen LogP contribution in [-0.4, -0.2) is 27.8 Å². The molecule has 0 heterocycles. The van der Waals surface area contributed by atoms with E-state index in [0.29, 0.717) is 17.1 Å². The van der Waals surface area contributed by atoms with Crippen LogP contribution in [0.4, 0.5) is 0 Å². The maximum Gasteiger partial charge on any atom is 0.338 e. The van der Waals surface area contributed by atoms with Gasteiger partial charge < -0.3 is 4.74 Å². The number of hydrogen-bond acceptors (Lipinski definition) is 4. The predicted molar refractivity (Wildman–Crippen MR) is 86.1 cm³/mol. The Labute approximate surface area is 132 Å². The fraction of sp³-hybridized carbons (Fsp3) is 0.471. The molecule has 0 aliphatic heterocycles. The van der Waals surface area contributed by atoms with E-state index in [0.717, 1.165) is 6.42 Å². The molecule has 0 aromatic heterocycles. The van der Waals surface area contributed by atoms with E-state index < -0.39 is 9.84 Å². The van der Waals surface area contributed by atoms with E-state index in [1.807, 2.05) is 6.08 Å². The van der Waals surface area contributed by atoms with Crippen LogP contribution in [0.15, 0.2) is 35.2 Å². The molecule has 1 aromatic carbocycles. The van der Waals surface area contributed by atoms with Gasteiger partial charge in [-0.05, 0) is 30.0 Å². The molecule has 4 nitrogen and oxygen atoms in total. The van der Waals surface area contributed by atoms with Gasteiger partial charge >= 0.3 is 5.97 Å². The van der Waals surface area contributed by atoms with Crippen molar-refractivity contribution in [2.75, 3.05) is 13.4 Å². The molecule has 0 spiro atoms. The van der Waals surface area contributed by atoms with Crippen LogP contribution in [0.5, 0.6) is 0 Å². The molecule has 2 rings (SSSR count). The van der Waals surface area contributed by atoms with E-state index in [4.69, 9.17) is 4.74 Å². The lowest BCUT2D eigenvalue weighted by atomic mass is 9.99. The summed E-state index contributed by atoms with van der Waals surface area (Å²) < 4.78 is 27.8. The summed E-state index contributed by atoms with van der Waals surface area (Å²) in [5.74, 6) is 0.250. The van der Waals surface area contributed by atoms with Crippen molar-refractivity contribution in [1.29, 1.82) is 0 Å². The second kappa shape index (κ2) is 7.09. The van der Waals surface area contributed by atoms with Gasteiger partial charge in [-0.25, -0.2) is 13.2 Å². The Hall–Kier alpha value is -1.62. The Morgan fingerprint density at radius 1 is 1.23 bits per heavy atom. The van der Waals surface area contributed by atoms with Gasteiger partial charge in [-0.15, -0.1) is 0 Å². The third kappa shape index (κ3) is 4.19. The van der Waals surface area contributed by atoms with Crippen molar-refractivity contribution >= 4 is 21.4 Å². The number of methoxy groups -OCH3 is 1. The predicted octanol–water partition coefficient (Wildman–Crippen LogP) is 3.23. The molecule has 120 valence electrons. The maximum absolute atomic E-state index is 12.0. The van der Waals surface area contributed by atoms with Crippen LogP contribution in [0.25, 0.3) is 5.57 Å². The average molecular weight is 322 g/mol. The first-order valence-corrected chi connectivity index (χ1v) is 9.40. The molecular weight excluding hydrogens is 300 g/mol. The first-order chi connectivity index (χ1) is 10.4. The van der Waals surface area contributed by atoms with E-state index in [-0.39, 0.29) is 10.9 Å². The minimum Gasteiger partial charge on any atom is -0.465 e. The van der Waals surface area contributed by atoms with Crippen LogP contribution in [0.1, 0.15) is 37.7 Å². The molecule has 0 unspecified atom stereocenters. The highest BCUT2D eigenvalue weighted by Gasteiger charge is 2.17. The van der Waals surface area contributed by atoms with E-state index in [1.54, 1.807) is 12.1 Å². The third-order valence-corrected chi connectivity index (χ3v) is 5.26. The number of ether oxygens (including phenoxy) is 1. The van der Waals surface area contributed by atoms with Crippen molar-refractivity contribution in [3.05, 3.63) is 35.9 Å². The molecule has 0 N–H and O–H groups in total. The highest BCUT2D eigenvalue weighted by molar-refractivity contribution is 7.90. The molecule has 0 saturated heterocycles. The maximum atomic E-state index is 12.0. The molecule has 0 amide bonds. The lowest BCUT2D eigenvalue weighted by Crippen LogP contribution is -2.05. The minimum absolute atomic E-state index is 0.247. The van der Waals surface area contributed by atoms with Gasteiger partial charge in [0.05, 0.1) is 17.6 Å². The summed E-state index contributed by atoms with van der Waals surface area (Å²) in [7, 11) is -1.87. The Bertz CT molecular complexity index is 650. The van der Waals surface area contributed by atoms with Crippen LogP contribution in [0.3, 0.4) is 0 Å². The average Bonchev–Trinajstić information content (AvgIpc) is 3.00. The molecule has 22 heavy (non-hydrogen) atoms. The quantitative estimate of drug-likeness (QED) is 0.617. The number of allylic oxidation sites excluding steroid dienone is 1. The number of esters is 1. The normalized spacial score (nSPS) is 16.7. The Morgan fingerprint density at radius 3 is 2.32 bits per heavy atom. The van der Waals surface area contributed by atoms with Crippen molar-refractivity contribution in [3.63, 3.8) is 0 Å². The third-order valence-electron chi connectivity index (χ3n) is 4.13. The zero-order chi connectivity index (χ0) is 16.2. The number of carbonyl (C=O) groups excluding carboxylic acids is 1. The highest BCUT2D eigenvalue weighted by Crippen LogP contribution is 2.29. The number of carbonyl (C=O) groups is 1. The van der Waals surface area contributed by atoms with Crippen LogP contribution >= 0.6 is 0 Å². The lowest BCUT2D eigenvalue weighted by molar-refractivity contribution is -0.133. The molecule has 1 aliphatic carbocycles. The zero-order valence-corrected chi connectivity index (χ0v) is 13.9. The number of sulfone groups is 1. The van der Waals surface area contributed by atoms with Crippen molar-refractivity contribution in [1.82, 2.24) is 0 Å². The van der Waals surface area contributed by atoms with E-state index in [2.05, 4.69) is 0 Å². The lowest BCUT2D eigenvalue weighted by Gasteiger charge is -2.09. The van der Waals surface area contributed by atoms with Crippen LogP contribution in [0, 0.1) is 5.92 Å². The molecule has 0 radical (unpaired) electrons. The fourth-order valence-corrected chi connectivity index (χ4v) is 3.47. The fourth-order valence-electron chi connectivity index (χ4n) is 2.84. The molecule has 0 bridgehead atoms. The monoisotopic (exact) mass is 322 g/mol. The smallest absolute Gasteiger partial charge is 0.338 e. The highest BCUT2D eigenvalue weighted by atomic mass is 32.2. The first kappa shape index (κ1) is 16.7. The van der Waals surface area contributed by atoms with Gasteiger partial charge in [0, 0.05) is 6.26 Å². The standard InChI is InChI=1S/C17H22O4S/c1-21-17(18)16(12-7-13-5-3-4-6-13)14-8-10-15(11-9-14)22(2,19)20/h8-13H,3-7H2,1-2H3. The van der Waals surface area contributed by atoms with Crippen molar-refractivity contribution in [2.24, 2.45) is 5.92 Å². The van der Waals surface area contributed by atoms with E-state index in [9.17, 15) is 13.2 Å². The second-order valence-corrected chi connectivity index (χ2v) is 7.81. The van der Waals surface area contributed by atoms with Crippen molar-refractivity contribution in [2.45, 2.75) is 37.0 Å². The van der Waals surface area contributed by atoms with Crippen LogP contribution in [-0.2, 0) is 19.4 Å². The molecule has 1 saturated carbocycles. The Kier molecular flexibility index (Phi) is 5.40. The Balaban J connectivity index is 2.24. The molecule has 1 aliphatic rings. The summed E-state index contributed by atoms with van der Waals surface area (Å²) in [5, 5.41) is 0. The molecule has 0 atom stereocenters. The molecule has 5 heteroatoms. The van der Waals surface area contributed by atoms with E-state index >= 15 is 0 Å². The van der Waals surface area contributed by atoms with Gasteiger partial charge in [-0.3, -0.25) is 0 Å².